The van der Waals surface area contributed by atoms with Gasteiger partial charge >= 0.3 is 5.97 Å². The molecule has 0 bridgehead atoms. The third-order valence-corrected chi connectivity index (χ3v) is 7.92. The van der Waals surface area contributed by atoms with E-state index < -0.39 is 21.9 Å². The van der Waals surface area contributed by atoms with Crippen LogP contribution in [0.2, 0.25) is 5.02 Å². The molecule has 0 aliphatic rings. The summed E-state index contributed by atoms with van der Waals surface area (Å²) in [5.41, 5.74) is 1.41. The molecular formula is C29H32ClN3O6S. The number of hydrogen-bond donors (Lipinski definition) is 3. The van der Waals surface area contributed by atoms with Crippen molar-refractivity contribution in [1.29, 1.82) is 0 Å². The second kappa shape index (κ2) is 14.0. The highest BCUT2D eigenvalue weighted by atomic mass is 35.5. The smallest absolute Gasteiger partial charge is 0.354 e. The first-order chi connectivity index (χ1) is 19.0. The number of benzene rings is 2. The standard InChI is InChI=1S/C29H32ClN3O6S/c1-3-4-5-19(2)16-22-17-23(18-32-26(22)29(36)37)28(35)33-40(38,39)25-12-8-21(9-13-25)27(34)31-15-14-20-6-10-24(30)11-7-20/h6-13,17-19H,3-5,14-16H2,1-2H3,(H,31,34)(H,33,35)(H,36,37). The summed E-state index contributed by atoms with van der Waals surface area (Å²) in [6, 6.07) is 13.8. The van der Waals surface area contributed by atoms with Crippen LogP contribution in [0.3, 0.4) is 0 Å². The van der Waals surface area contributed by atoms with Crippen molar-refractivity contribution in [2.24, 2.45) is 5.92 Å². The first-order valence-corrected chi connectivity index (χ1v) is 14.8. The molecule has 2 aromatic carbocycles. The minimum Gasteiger partial charge on any atom is -0.477 e. The Balaban J connectivity index is 1.65. The van der Waals surface area contributed by atoms with Crippen molar-refractivity contribution < 1.29 is 27.9 Å². The summed E-state index contributed by atoms with van der Waals surface area (Å²) < 4.78 is 27.7. The first kappa shape index (κ1) is 30.8. The van der Waals surface area contributed by atoms with Crippen LogP contribution in [0, 0.1) is 5.92 Å². The van der Waals surface area contributed by atoms with E-state index in [1.165, 1.54) is 30.3 Å². The normalized spacial score (nSPS) is 12.0. The Labute approximate surface area is 239 Å². The van der Waals surface area contributed by atoms with Crippen LogP contribution in [-0.2, 0) is 22.9 Å². The fraction of sp³-hybridized carbons (Fsp3) is 0.310. The van der Waals surface area contributed by atoms with Crippen LogP contribution in [0.5, 0.6) is 0 Å². The topological polar surface area (TPSA) is 143 Å². The van der Waals surface area contributed by atoms with E-state index in [4.69, 9.17) is 11.6 Å². The number of carbonyl (C=O) groups excluding carboxylic acids is 2. The lowest BCUT2D eigenvalue weighted by atomic mass is 9.94. The number of carboxylic acids is 1. The van der Waals surface area contributed by atoms with Crippen molar-refractivity contribution in [2.45, 2.75) is 50.8 Å². The first-order valence-electron chi connectivity index (χ1n) is 12.9. The van der Waals surface area contributed by atoms with E-state index in [0.717, 1.165) is 31.0 Å². The van der Waals surface area contributed by atoms with Gasteiger partial charge in [-0.1, -0.05) is 56.8 Å². The highest BCUT2D eigenvalue weighted by Gasteiger charge is 2.22. The predicted octanol–water partition coefficient (Wildman–Crippen LogP) is 4.89. The maximum absolute atomic E-state index is 12.8. The molecule has 0 spiro atoms. The lowest BCUT2D eigenvalue weighted by Gasteiger charge is -2.14. The van der Waals surface area contributed by atoms with Gasteiger partial charge in [0, 0.05) is 23.3 Å². The highest BCUT2D eigenvalue weighted by molar-refractivity contribution is 7.90. The quantitative estimate of drug-likeness (QED) is 0.259. The Hall–Kier alpha value is -3.76. The Morgan fingerprint density at radius 3 is 2.30 bits per heavy atom. The molecule has 0 aliphatic carbocycles. The van der Waals surface area contributed by atoms with Gasteiger partial charge in [0.15, 0.2) is 5.69 Å². The van der Waals surface area contributed by atoms with Crippen molar-refractivity contribution in [2.75, 3.05) is 6.54 Å². The zero-order valence-electron chi connectivity index (χ0n) is 22.3. The summed E-state index contributed by atoms with van der Waals surface area (Å²) in [6.07, 6.45) is 4.92. The lowest BCUT2D eigenvalue weighted by Crippen LogP contribution is -2.31. The van der Waals surface area contributed by atoms with E-state index in [1.807, 2.05) is 23.8 Å². The summed E-state index contributed by atoms with van der Waals surface area (Å²) in [4.78, 5) is 40.6. The van der Waals surface area contributed by atoms with Crippen molar-refractivity contribution in [3.8, 4) is 0 Å². The minimum absolute atomic E-state index is 0.0667. The Kier molecular flexibility index (Phi) is 10.8. The van der Waals surface area contributed by atoms with Gasteiger partial charge in [-0.3, -0.25) is 9.59 Å². The zero-order valence-corrected chi connectivity index (χ0v) is 23.9. The molecule has 0 fully saturated rings. The van der Waals surface area contributed by atoms with Crippen LogP contribution in [0.25, 0.3) is 0 Å². The average Bonchev–Trinajstić information content (AvgIpc) is 2.92. The summed E-state index contributed by atoms with van der Waals surface area (Å²) in [7, 11) is -4.27. The SMILES string of the molecule is CCCCC(C)Cc1cc(C(=O)NS(=O)(=O)c2ccc(C(=O)NCCc3ccc(Cl)cc3)cc2)cnc1C(=O)O. The van der Waals surface area contributed by atoms with Gasteiger partial charge in [0.25, 0.3) is 21.8 Å². The van der Waals surface area contributed by atoms with Crippen molar-refractivity contribution in [1.82, 2.24) is 15.0 Å². The second-order valence-electron chi connectivity index (χ2n) is 9.58. The van der Waals surface area contributed by atoms with Gasteiger partial charge in [0.1, 0.15) is 0 Å². The fourth-order valence-corrected chi connectivity index (χ4v) is 5.21. The molecule has 3 aromatic rings. The summed E-state index contributed by atoms with van der Waals surface area (Å²) in [6.45, 7) is 4.43. The second-order valence-corrected chi connectivity index (χ2v) is 11.7. The molecule has 0 saturated heterocycles. The number of halogens is 1. The number of pyridine rings is 1. The van der Waals surface area contributed by atoms with Gasteiger partial charge in [-0.15, -0.1) is 0 Å². The maximum atomic E-state index is 12.8. The highest BCUT2D eigenvalue weighted by Crippen LogP contribution is 2.19. The summed E-state index contributed by atoms with van der Waals surface area (Å²) >= 11 is 5.87. The van der Waals surface area contributed by atoms with Crippen molar-refractivity contribution in [3.63, 3.8) is 0 Å². The van der Waals surface area contributed by atoms with E-state index in [0.29, 0.717) is 30.0 Å². The van der Waals surface area contributed by atoms with Crippen LogP contribution in [0.15, 0.2) is 65.7 Å². The van der Waals surface area contributed by atoms with Gasteiger partial charge in [0.2, 0.25) is 0 Å². The number of aromatic nitrogens is 1. The monoisotopic (exact) mass is 585 g/mol. The number of unbranched alkanes of at least 4 members (excludes halogenated alkanes) is 1. The van der Waals surface area contributed by atoms with Crippen LogP contribution in [0.4, 0.5) is 0 Å². The zero-order chi connectivity index (χ0) is 29.3. The largest absolute Gasteiger partial charge is 0.477 e. The Bertz CT molecular complexity index is 1460. The molecule has 1 heterocycles. The van der Waals surface area contributed by atoms with Gasteiger partial charge in [-0.2, -0.15) is 0 Å². The van der Waals surface area contributed by atoms with Gasteiger partial charge in [-0.05, 0) is 72.4 Å². The lowest BCUT2D eigenvalue weighted by molar-refractivity contribution is 0.0687. The molecule has 0 radical (unpaired) electrons. The summed E-state index contributed by atoms with van der Waals surface area (Å²) in [5.74, 6) is -2.36. The Morgan fingerprint density at radius 1 is 1.00 bits per heavy atom. The third kappa shape index (κ3) is 8.62. The Morgan fingerprint density at radius 2 is 1.68 bits per heavy atom. The van der Waals surface area contributed by atoms with Crippen LogP contribution in [-0.4, -0.2) is 42.8 Å². The van der Waals surface area contributed by atoms with E-state index in [2.05, 4.69) is 17.2 Å². The fourth-order valence-electron chi connectivity index (χ4n) is 4.11. The number of nitrogens with zero attached hydrogens (tertiary/aromatic N) is 1. The molecule has 3 rings (SSSR count). The predicted molar refractivity (Wildman–Crippen MR) is 152 cm³/mol. The minimum atomic E-state index is -4.27. The number of hydrogen-bond acceptors (Lipinski definition) is 6. The molecule has 0 saturated carbocycles. The van der Waals surface area contributed by atoms with E-state index in [1.54, 1.807) is 12.1 Å². The maximum Gasteiger partial charge on any atom is 0.354 e. The molecule has 1 atom stereocenters. The molecule has 3 N–H and O–H groups in total. The number of carbonyl (C=O) groups is 3. The molecule has 2 amide bonds. The third-order valence-electron chi connectivity index (χ3n) is 6.32. The van der Waals surface area contributed by atoms with E-state index >= 15 is 0 Å². The van der Waals surface area contributed by atoms with Gasteiger partial charge in [0.05, 0.1) is 10.5 Å². The number of sulfonamides is 1. The average molecular weight is 586 g/mol. The number of nitrogens with one attached hydrogen (secondary N) is 2. The van der Waals surface area contributed by atoms with E-state index in [9.17, 15) is 27.9 Å². The van der Waals surface area contributed by atoms with Crippen LogP contribution < -0.4 is 10.0 Å². The van der Waals surface area contributed by atoms with Gasteiger partial charge in [-0.25, -0.2) is 22.9 Å². The molecule has 9 nitrogen and oxygen atoms in total. The molecule has 212 valence electrons. The molecule has 1 unspecified atom stereocenters. The van der Waals surface area contributed by atoms with Crippen molar-refractivity contribution >= 4 is 39.4 Å². The number of amides is 2. The molecule has 40 heavy (non-hydrogen) atoms. The molecular weight excluding hydrogens is 554 g/mol. The summed E-state index contributed by atoms with van der Waals surface area (Å²) in [5, 5.41) is 12.9. The van der Waals surface area contributed by atoms with Gasteiger partial charge < -0.3 is 10.4 Å². The molecule has 0 aliphatic heterocycles. The van der Waals surface area contributed by atoms with Crippen molar-refractivity contribution in [3.05, 3.63) is 93.8 Å². The number of aromatic carboxylic acids is 1. The molecule has 1 aromatic heterocycles. The number of carboxylic acid groups (broad SMARTS) is 1. The van der Waals surface area contributed by atoms with E-state index in [-0.39, 0.29) is 33.5 Å². The molecule has 11 heteroatoms. The van der Waals surface area contributed by atoms with Crippen LogP contribution >= 0.6 is 11.6 Å². The van der Waals surface area contributed by atoms with Crippen LogP contribution in [0.1, 0.15) is 75.4 Å². The number of rotatable bonds is 13.